The van der Waals surface area contributed by atoms with Gasteiger partial charge in [0.25, 0.3) is 0 Å². The van der Waals surface area contributed by atoms with Crippen LogP contribution in [0, 0.1) is 6.92 Å². The van der Waals surface area contributed by atoms with Crippen LogP contribution in [-0.2, 0) is 0 Å². The second kappa shape index (κ2) is 2.83. The third-order valence-corrected chi connectivity index (χ3v) is 2.51. The lowest BCUT2D eigenvalue weighted by atomic mass is 10.1. The molecule has 0 amide bonds. The van der Waals surface area contributed by atoms with Gasteiger partial charge in [-0.05, 0) is 29.3 Å². The second-order valence-corrected chi connectivity index (χ2v) is 3.43. The SMILES string of the molecule is Cc1cccc2c(S)cccc12. The first kappa shape index (κ1) is 7.69. The first-order chi connectivity index (χ1) is 5.79. The fourth-order valence-electron chi connectivity index (χ4n) is 1.45. The Hall–Kier alpha value is -0.950. The molecule has 0 N–H and O–H groups in total. The summed E-state index contributed by atoms with van der Waals surface area (Å²) in [6.07, 6.45) is 0. The molecule has 0 fully saturated rings. The molecule has 0 aliphatic carbocycles. The van der Waals surface area contributed by atoms with E-state index in [0.717, 1.165) is 4.90 Å². The van der Waals surface area contributed by atoms with E-state index >= 15 is 0 Å². The van der Waals surface area contributed by atoms with Crippen LogP contribution in [0.25, 0.3) is 10.8 Å². The van der Waals surface area contributed by atoms with E-state index in [1.165, 1.54) is 16.3 Å². The number of aryl methyl sites for hydroxylation is 1. The predicted octanol–water partition coefficient (Wildman–Crippen LogP) is 3.44. The van der Waals surface area contributed by atoms with E-state index in [-0.39, 0.29) is 0 Å². The van der Waals surface area contributed by atoms with Gasteiger partial charge in [-0.2, -0.15) is 0 Å². The molecule has 0 atom stereocenters. The van der Waals surface area contributed by atoms with Gasteiger partial charge in [-0.25, -0.2) is 0 Å². The van der Waals surface area contributed by atoms with Crippen LogP contribution in [-0.4, -0.2) is 0 Å². The summed E-state index contributed by atoms with van der Waals surface area (Å²) in [6.45, 7) is 2.12. The van der Waals surface area contributed by atoms with Crippen LogP contribution >= 0.6 is 12.6 Å². The molecular formula is C11H10S. The zero-order valence-electron chi connectivity index (χ0n) is 6.91. The smallest absolute Gasteiger partial charge is 0.0119 e. The quantitative estimate of drug-likeness (QED) is 0.581. The Labute approximate surface area is 77.6 Å². The molecule has 0 saturated carbocycles. The maximum atomic E-state index is 4.40. The lowest BCUT2D eigenvalue weighted by Gasteiger charge is -2.02. The molecule has 0 aromatic heterocycles. The molecule has 12 heavy (non-hydrogen) atoms. The van der Waals surface area contributed by atoms with E-state index in [1.807, 2.05) is 12.1 Å². The third-order valence-electron chi connectivity index (χ3n) is 2.12. The van der Waals surface area contributed by atoms with Gasteiger partial charge in [0.2, 0.25) is 0 Å². The summed E-state index contributed by atoms with van der Waals surface area (Å²) in [5.41, 5.74) is 1.31. The maximum absolute atomic E-state index is 4.40. The Morgan fingerprint density at radius 1 is 0.917 bits per heavy atom. The van der Waals surface area contributed by atoms with Gasteiger partial charge in [-0.15, -0.1) is 12.6 Å². The van der Waals surface area contributed by atoms with Crippen molar-refractivity contribution >= 4 is 23.4 Å². The van der Waals surface area contributed by atoms with Gasteiger partial charge in [-0.1, -0.05) is 30.3 Å². The minimum atomic E-state index is 1.05. The molecule has 0 radical (unpaired) electrons. The largest absolute Gasteiger partial charge is 0.143 e. The van der Waals surface area contributed by atoms with Gasteiger partial charge in [-0.3, -0.25) is 0 Å². The highest BCUT2D eigenvalue weighted by Gasteiger charge is 1.97. The van der Waals surface area contributed by atoms with Gasteiger partial charge in [0.1, 0.15) is 0 Å². The molecule has 1 heteroatoms. The molecule has 0 nitrogen and oxygen atoms in total. The van der Waals surface area contributed by atoms with Crippen molar-refractivity contribution in [2.45, 2.75) is 11.8 Å². The second-order valence-electron chi connectivity index (χ2n) is 2.95. The van der Waals surface area contributed by atoms with Gasteiger partial charge >= 0.3 is 0 Å². The van der Waals surface area contributed by atoms with Crippen molar-refractivity contribution < 1.29 is 0 Å². The van der Waals surface area contributed by atoms with Crippen LogP contribution < -0.4 is 0 Å². The van der Waals surface area contributed by atoms with Crippen LogP contribution in [0.1, 0.15) is 5.56 Å². The number of hydrogen-bond donors (Lipinski definition) is 1. The highest BCUT2D eigenvalue weighted by molar-refractivity contribution is 7.80. The van der Waals surface area contributed by atoms with Crippen molar-refractivity contribution in [3.8, 4) is 0 Å². The van der Waals surface area contributed by atoms with Crippen molar-refractivity contribution in [3.63, 3.8) is 0 Å². The summed E-state index contributed by atoms with van der Waals surface area (Å²) in [5.74, 6) is 0. The van der Waals surface area contributed by atoms with Crippen LogP contribution in [0.2, 0.25) is 0 Å². The summed E-state index contributed by atoms with van der Waals surface area (Å²) < 4.78 is 0. The first-order valence-electron chi connectivity index (χ1n) is 3.96. The van der Waals surface area contributed by atoms with Gasteiger partial charge in [0, 0.05) is 4.90 Å². The summed E-state index contributed by atoms with van der Waals surface area (Å²) in [7, 11) is 0. The average molecular weight is 174 g/mol. The average Bonchev–Trinajstić information content (AvgIpc) is 2.07. The lowest BCUT2D eigenvalue weighted by molar-refractivity contribution is 1.49. The third kappa shape index (κ3) is 1.10. The Morgan fingerprint density at radius 2 is 1.58 bits per heavy atom. The van der Waals surface area contributed by atoms with Crippen molar-refractivity contribution in [2.24, 2.45) is 0 Å². The number of hydrogen-bond acceptors (Lipinski definition) is 1. The minimum Gasteiger partial charge on any atom is -0.143 e. The van der Waals surface area contributed by atoms with Gasteiger partial charge < -0.3 is 0 Å². The zero-order chi connectivity index (χ0) is 8.55. The van der Waals surface area contributed by atoms with Crippen molar-refractivity contribution in [2.75, 3.05) is 0 Å². The summed E-state index contributed by atoms with van der Waals surface area (Å²) >= 11 is 4.40. The normalized spacial score (nSPS) is 10.5. The summed E-state index contributed by atoms with van der Waals surface area (Å²) in [6, 6.07) is 12.5. The lowest BCUT2D eigenvalue weighted by Crippen LogP contribution is -1.78. The molecule has 0 heterocycles. The standard InChI is InChI=1S/C11H10S/c1-8-4-2-6-10-9(8)5-3-7-11(10)12/h2-7,12H,1H3. The van der Waals surface area contributed by atoms with Crippen LogP contribution in [0.3, 0.4) is 0 Å². The highest BCUT2D eigenvalue weighted by atomic mass is 32.1. The summed E-state index contributed by atoms with van der Waals surface area (Å²) in [4.78, 5) is 1.05. The number of fused-ring (bicyclic) bond motifs is 1. The summed E-state index contributed by atoms with van der Waals surface area (Å²) in [5, 5.41) is 2.53. The van der Waals surface area contributed by atoms with Crippen LogP contribution in [0.15, 0.2) is 41.3 Å². The Morgan fingerprint density at radius 3 is 2.33 bits per heavy atom. The fourth-order valence-corrected chi connectivity index (χ4v) is 1.73. The molecule has 0 aliphatic heterocycles. The first-order valence-corrected chi connectivity index (χ1v) is 4.41. The molecular weight excluding hydrogens is 164 g/mol. The highest BCUT2D eigenvalue weighted by Crippen LogP contribution is 2.23. The van der Waals surface area contributed by atoms with Gasteiger partial charge in [0.15, 0.2) is 0 Å². The van der Waals surface area contributed by atoms with E-state index < -0.39 is 0 Å². The molecule has 2 rings (SSSR count). The number of rotatable bonds is 0. The van der Waals surface area contributed by atoms with E-state index in [9.17, 15) is 0 Å². The van der Waals surface area contributed by atoms with Crippen molar-refractivity contribution in [1.82, 2.24) is 0 Å². The van der Waals surface area contributed by atoms with E-state index in [1.54, 1.807) is 0 Å². The van der Waals surface area contributed by atoms with Crippen LogP contribution in [0.4, 0.5) is 0 Å². The molecule has 2 aromatic rings. The van der Waals surface area contributed by atoms with E-state index in [4.69, 9.17) is 0 Å². The Kier molecular flexibility index (Phi) is 1.81. The monoisotopic (exact) mass is 174 g/mol. The molecule has 0 aliphatic rings. The zero-order valence-corrected chi connectivity index (χ0v) is 7.81. The minimum absolute atomic E-state index is 1.05. The number of benzene rings is 2. The molecule has 60 valence electrons. The Balaban J connectivity index is 2.94. The molecule has 0 unspecified atom stereocenters. The van der Waals surface area contributed by atoms with E-state index in [0.29, 0.717) is 0 Å². The fraction of sp³-hybridized carbons (Fsp3) is 0.0909. The molecule has 2 aromatic carbocycles. The Bertz CT molecular complexity index is 377. The van der Waals surface area contributed by atoms with E-state index in [2.05, 4.69) is 43.8 Å². The van der Waals surface area contributed by atoms with Gasteiger partial charge in [0.05, 0.1) is 0 Å². The van der Waals surface area contributed by atoms with Crippen molar-refractivity contribution in [1.29, 1.82) is 0 Å². The molecule has 0 bridgehead atoms. The topological polar surface area (TPSA) is 0 Å². The predicted molar refractivity (Wildman–Crippen MR) is 55.9 cm³/mol. The molecule has 0 saturated heterocycles. The van der Waals surface area contributed by atoms with Crippen molar-refractivity contribution in [3.05, 3.63) is 42.0 Å². The maximum Gasteiger partial charge on any atom is 0.0119 e. The van der Waals surface area contributed by atoms with Crippen LogP contribution in [0.5, 0.6) is 0 Å². The number of thiol groups is 1. The molecule has 0 spiro atoms.